The molecular weight excluding hydrogens is 510 g/mol. The van der Waals surface area contributed by atoms with E-state index in [2.05, 4.69) is 26.3 Å². The van der Waals surface area contributed by atoms with Crippen molar-refractivity contribution in [2.24, 2.45) is 0 Å². The van der Waals surface area contributed by atoms with Crippen molar-refractivity contribution in [1.29, 1.82) is 0 Å². The highest BCUT2D eigenvalue weighted by Crippen LogP contribution is 2.13. The number of benzene rings is 2. The first-order chi connectivity index (χ1) is 19.5. The standard InChI is InChI=1S/C29H35N7O4/c37-27-20-35(13-12-30-23-10-14-40-15-11-23)28(38)16-21-6-4-5-7-22(21)18-31-29(39)26(32-27)17-24-19-36(34-33-24)25-8-2-1-3-9-25/h1-9,19,23,26,30H,10-18,20H2,(H,31,39)(H,32,37)/t26-/m1/s1. The molecule has 0 spiro atoms. The van der Waals surface area contributed by atoms with Crippen LogP contribution in [-0.4, -0.2) is 82.5 Å². The van der Waals surface area contributed by atoms with Crippen molar-refractivity contribution in [2.45, 2.75) is 44.3 Å². The molecule has 1 saturated heterocycles. The van der Waals surface area contributed by atoms with Gasteiger partial charge in [0.2, 0.25) is 17.7 Å². The fourth-order valence-corrected chi connectivity index (χ4v) is 5.01. The Morgan fingerprint density at radius 1 is 0.975 bits per heavy atom. The number of nitrogens with one attached hydrogen (secondary N) is 3. The largest absolute Gasteiger partial charge is 0.381 e. The molecular formula is C29H35N7O4. The lowest BCUT2D eigenvalue weighted by atomic mass is 10.0. The third-order valence-electron chi connectivity index (χ3n) is 7.26. The summed E-state index contributed by atoms with van der Waals surface area (Å²) < 4.78 is 7.06. The molecule has 0 aliphatic carbocycles. The molecule has 210 valence electrons. The second-order valence-electron chi connectivity index (χ2n) is 10.1. The summed E-state index contributed by atoms with van der Waals surface area (Å²) in [7, 11) is 0. The van der Waals surface area contributed by atoms with Gasteiger partial charge in [0.25, 0.3) is 0 Å². The molecule has 3 N–H and O–H groups in total. The van der Waals surface area contributed by atoms with Crippen LogP contribution in [0.25, 0.3) is 5.69 Å². The summed E-state index contributed by atoms with van der Waals surface area (Å²) in [6.07, 6.45) is 3.91. The molecule has 1 aromatic heterocycles. The smallest absolute Gasteiger partial charge is 0.243 e. The number of ether oxygens (including phenoxy) is 1. The minimum atomic E-state index is -0.877. The quantitative estimate of drug-likeness (QED) is 0.400. The summed E-state index contributed by atoms with van der Waals surface area (Å²) in [5, 5.41) is 17.7. The Labute approximate surface area is 233 Å². The molecule has 3 amide bonds. The van der Waals surface area contributed by atoms with E-state index in [4.69, 9.17) is 4.74 Å². The Hall–Kier alpha value is -4.09. The van der Waals surface area contributed by atoms with Crippen molar-refractivity contribution < 1.29 is 19.1 Å². The lowest BCUT2D eigenvalue weighted by Crippen LogP contribution is -2.52. The van der Waals surface area contributed by atoms with Crippen LogP contribution in [0.5, 0.6) is 0 Å². The fourth-order valence-electron chi connectivity index (χ4n) is 5.01. The van der Waals surface area contributed by atoms with E-state index in [1.807, 2.05) is 54.6 Å². The van der Waals surface area contributed by atoms with E-state index in [0.29, 0.717) is 24.8 Å². The van der Waals surface area contributed by atoms with Gasteiger partial charge in [0.05, 0.1) is 30.5 Å². The number of carbonyl (C=O) groups excluding carboxylic acids is 3. The second kappa shape index (κ2) is 13.3. The average Bonchev–Trinajstić information content (AvgIpc) is 3.45. The summed E-state index contributed by atoms with van der Waals surface area (Å²) >= 11 is 0. The van der Waals surface area contributed by atoms with Crippen molar-refractivity contribution in [1.82, 2.24) is 35.8 Å². The Balaban J connectivity index is 1.32. The van der Waals surface area contributed by atoms with Crippen LogP contribution in [0.4, 0.5) is 0 Å². The Bertz CT molecular complexity index is 1310. The van der Waals surface area contributed by atoms with Crippen LogP contribution in [-0.2, 0) is 38.5 Å². The number of fused-ring (bicyclic) bond motifs is 1. The number of para-hydroxylation sites is 1. The molecule has 2 aliphatic rings. The van der Waals surface area contributed by atoms with Crippen LogP contribution in [0.3, 0.4) is 0 Å². The molecule has 3 heterocycles. The van der Waals surface area contributed by atoms with Crippen molar-refractivity contribution in [3.63, 3.8) is 0 Å². The van der Waals surface area contributed by atoms with Crippen LogP contribution in [0.1, 0.15) is 29.7 Å². The molecule has 40 heavy (non-hydrogen) atoms. The molecule has 3 aromatic rings. The predicted octanol–water partition coefficient (Wildman–Crippen LogP) is 0.764. The normalized spacial score (nSPS) is 19.2. The third-order valence-corrected chi connectivity index (χ3v) is 7.26. The van der Waals surface area contributed by atoms with Crippen molar-refractivity contribution >= 4 is 17.7 Å². The van der Waals surface area contributed by atoms with Gasteiger partial charge in [-0.25, -0.2) is 4.68 Å². The van der Waals surface area contributed by atoms with Gasteiger partial charge in [0.15, 0.2) is 0 Å². The highest BCUT2D eigenvalue weighted by atomic mass is 16.5. The maximum absolute atomic E-state index is 13.4. The zero-order valence-corrected chi connectivity index (χ0v) is 22.4. The highest BCUT2D eigenvalue weighted by molar-refractivity contribution is 5.91. The summed E-state index contributed by atoms with van der Waals surface area (Å²) in [6.45, 7) is 2.50. The van der Waals surface area contributed by atoms with Gasteiger partial charge in [-0.05, 0) is 36.1 Å². The zero-order valence-electron chi connectivity index (χ0n) is 22.4. The maximum atomic E-state index is 13.4. The van der Waals surface area contributed by atoms with E-state index in [0.717, 1.165) is 42.9 Å². The van der Waals surface area contributed by atoms with E-state index in [1.54, 1.807) is 15.8 Å². The minimum Gasteiger partial charge on any atom is -0.381 e. The molecule has 1 fully saturated rings. The van der Waals surface area contributed by atoms with Crippen LogP contribution < -0.4 is 16.0 Å². The molecule has 0 unspecified atom stereocenters. The summed E-state index contributed by atoms with van der Waals surface area (Å²) in [6, 6.07) is 16.6. The number of hydrogen-bond donors (Lipinski definition) is 3. The molecule has 11 nitrogen and oxygen atoms in total. The number of aromatic nitrogens is 3. The second-order valence-corrected chi connectivity index (χ2v) is 10.1. The Morgan fingerprint density at radius 3 is 2.52 bits per heavy atom. The Morgan fingerprint density at radius 2 is 1.73 bits per heavy atom. The lowest BCUT2D eigenvalue weighted by Gasteiger charge is -2.28. The van der Waals surface area contributed by atoms with Crippen LogP contribution in [0.2, 0.25) is 0 Å². The zero-order chi connectivity index (χ0) is 27.7. The van der Waals surface area contributed by atoms with Crippen molar-refractivity contribution in [3.8, 4) is 5.69 Å². The highest BCUT2D eigenvalue weighted by Gasteiger charge is 2.27. The topological polar surface area (TPSA) is 130 Å². The summed E-state index contributed by atoms with van der Waals surface area (Å²) in [5.41, 5.74) is 3.10. The first-order valence-electron chi connectivity index (χ1n) is 13.7. The number of hydrogen-bond acceptors (Lipinski definition) is 7. The van der Waals surface area contributed by atoms with E-state index >= 15 is 0 Å². The van der Waals surface area contributed by atoms with E-state index in [1.165, 1.54) is 0 Å². The van der Waals surface area contributed by atoms with Crippen LogP contribution >= 0.6 is 0 Å². The maximum Gasteiger partial charge on any atom is 0.243 e. The average molecular weight is 546 g/mol. The van der Waals surface area contributed by atoms with Crippen LogP contribution in [0, 0.1) is 0 Å². The summed E-state index contributed by atoms with van der Waals surface area (Å²) in [5.74, 6) is -0.855. The molecule has 2 aromatic carbocycles. The van der Waals surface area contributed by atoms with Gasteiger partial charge in [-0.3, -0.25) is 14.4 Å². The van der Waals surface area contributed by atoms with E-state index in [9.17, 15) is 14.4 Å². The van der Waals surface area contributed by atoms with Gasteiger partial charge in [0.1, 0.15) is 6.04 Å². The molecule has 2 aliphatic heterocycles. The van der Waals surface area contributed by atoms with Gasteiger partial charge in [0, 0.05) is 45.3 Å². The van der Waals surface area contributed by atoms with Gasteiger partial charge < -0.3 is 25.6 Å². The van der Waals surface area contributed by atoms with Gasteiger partial charge in [-0.1, -0.05) is 47.7 Å². The van der Waals surface area contributed by atoms with Crippen molar-refractivity contribution in [3.05, 3.63) is 77.6 Å². The van der Waals surface area contributed by atoms with E-state index in [-0.39, 0.29) is 37.7 Å². The molecule has 1 atom stereocenters. The monoisotopic (exact) mass is 545 g/mol. The fraction of sp³-hybridized carbons (Fsp3) is 0.414. The van der Waals surface area contributed by atoms with Gasteiger partial charge in [-0.15, -0.1) is 5.10 Å². The lowest BCUT2D eigenvalue weighted by molar-refractivity contribution is -0.136. The number of rotatable bonds is 7. The first-order valence-corrected chi connectivity index (χ1v) is 13.7. The molecule has 0 radical (unpaired) electrons. The number of nitrogens with zero attached hydrogens (tertiary/aromatic N) is 4. The molecule has 5 rings (SSSR count). The van der Waals surface area contributed by atoms with Crippen LogP contribution in [0.15, 0.2) is 60.8 Å². The third kappa shape index (κ3) is 7.30. The molecule has 11 heteroatoms. The molecule has 0 saturated carbocycles. The van der Waals surface area contributed by atoms with Crippen molar-refractivity contribution in [2.75, 3.05) is 32.8 Å². The van der Waals surface area contributed by atoms with Gasteiger partial charge in [-0.2, -0.15) is 0 Å². The Kier molecular flexibility index (Phi) is 9.15. The molecule has 0 bridgehead atoms. The number of amides is 3. The summed E-state index contributed by atoms with van der Waals surface area (Å²) in [4.78, 5) is 41.4. The van der Waals surface area contributed by atoms with E-state index < -0.39 is 11.9 Å². The van der Waals surface area contributed by atoms with Gasteiger partial charge >= 0.3 is 0 Å². The SMILES string of the molecule is O=C1CN(CCNC2CCOCC2)C(=O)Cc2ccccc2CNC(=O)[C@@H](Cc2cn(-c3ccccc3)nn2)N1. The number of carbonyl (C=O) groups is 3. The minimum absolute atomic E-state index is 0.134. The predicted molar refractivity (Wildman–Crippen MR) is 147 cm³/mol. The first kappa shape index (κ1) is 27.5.